The summed E-state index contributed by atoms with van der Waals surface area (Å²) in [5, 5.41) is 8.80. The first-order chi connectivity index (χ1) is 7.76. The highest BCUT2D eigenvalue weighted by atomic mass is 16.3. The molecule has 0 aliphatic carbocycles. The normalized spacial score (nSPS) is 18.6. The van der Waals surface area contributed by atoms with E-state index in [4.69, 9.17) is 10.9 Å². The molecule has 0 aromatic rings. The van der Waals surface area contributed by atoms with Crippen molar-refractivity contribution in [2.45, 2.75) is 12.8 Å². The van der Waals surface area contributed by atoms with Gasteiger partial charge in [0.15, 0.2) is 0 Å². The van der Waals surface area contributed by atoms with Crippen molar-refractivity contribution in [3.63, 3.8) is 0 Å². The maximum Gasteiger partial charge on any atom is 0.233 e. The standard InChI is InChI=1S/C10H22N4O2/c11-12-10(16)2-1-3-13-4-6-14(7-5-13)8-9-15/h15H,1-9,11H2,(H,12,16). The van der Waals surface area contributed by atoms with Gasteiger partial charge in [-0.3, -0.25) is 15.1 Å². The Morgan fingerprint density at radius 2 is 1.75 bits per heavy atom. The first kappa shape index (κ1) is 13.4. The largest absolute Gasteiger partial charge is 0.395 e. The van der Waals surface area contributed by atoms with Crippen LogP contribution >= 0.6 is 0 Å². The number of amides is 1. The lowest BCUT2D eigenvalue weighted by Crippen LogP contribution is -2.47. The average Bonchev–Trinajstić information content (AvgIpc) is 2.31. The Kier molecular flexibility index (Phi) is 6.32. The summed E-state index contributed by atoms with van der Waals surface area (Å²) < 4.78 is 0. The van der Waals surface area contributed by atoms with Gasteiger partial charge >= 0.3 is 0 Å². The van der Waals surface area contributed by atoms with E-state index in [0.29, 0.717) is 6.42 Å². The number of nitrogens with two attached hydrogens (primary N) is 1. The number of β-amino-alcohol motifs (C(OH)–C–C–N with tert-alkyl or cyclic N) is 1. The number of nitrogens with zero attached hydrogens (tertiary/aromatic N) is 2. The number of hydrogen-bond donors (Lipinski definition) is 3. The van der Waals surface area contributed by atoms with Gasteiger partial charge in [-0.25, -0.2) is 5.84 Å². The lowest BCUT2D eigenvalue weighted by Gasteiger charge is -2.34. The number of hydrazine groups is 1. The maximum absolute atomic E-state index is 10.9. The average molecular weight is 230 g/mol. The second kappa shape index (κ2) is 7.56. The number of piperazine rings is 1. The van der Waals surface area contributed by atoms with Gasteiger partial charge < -0.3 is 10.0 Å². The third-order valence-electron chi connectivity index (χ3n) is 2.92. The molecular formula is C10H22N4O2. The fourth-order valence-electron chi connectivity index (χ4n) is 1.91. The molecule has 0 aromatic heterocycles. The lowest BCUT2D eigenvalue weighted by atomic mass is 10.2. The molecular weight excluding hydrogens is 208 g/mol. The predicted octanol–water partition coefficient (Wildman–Crippen LogP) is -1.63. The van der Waals surface area contributed by atoms with E-state index in [-0.39, 0.29) is 12.5 Å². The van der Waals surface area contributed by atoms with Gasteiger partial charge in [-0.1, -0.05) is 0 Å². The van der Waals surface area contributed by atoms with Crippen LogP contribution < -0.4 is 11.3 Å². The molecule has 0 saturated carbocycles. The first-order valence-corrected chi connectivity index (χ1v) is 5.81. The third kappa shape index (κ3) is 4.89. The monoisotopic (exact) mass is 230 g/mol. The molecule has 0 aromatic carbocycles. The summed E-state index contributed by atoms with van der Waals surface area (Å²) in [7, 11) is 0. The van der Waals surface area contributed by atoms with Crippen LogP contribution in [-0.2, 0) is 4.79 Å². The molecule has 0 radical (unpaired) electrons. The topological polar surface area (TPSA) is 81.8 Å². The summed E-state index contributed by atoms with van der Waals surface area (Å²) in [6, 6.07) is 0. The summed E-state index contributed by atoms with van der Waals surface area (Å²) in [4.78, 5) is 15.5. The zero-order valence-electron chi connectivity index (χ0n) is 9.69. The highest BCUT2D eigenvalue weighted by Crippen LogP contribution is 2.02. The van der Waals surface area contributed by atoms with E-state index in [1.165, 1.54) is 0 Å². The van der Waals surface area contributed by atoms with Crippen LogP contribution in [-0.4, -0.2) is 66.7 Å². The molecule has 4 N–H and O–H groups in total. The van der Waals surface area contributed by atoms with Gasteiger partial charge in [0, 0.05) is 39.1 Å². The Morgan fingerprint density at radius 1 is 1.19 bits per heavy atom. The van der Waals surface area contributed by atoms with Crippen LogP contribution in [0.25, 0.3) is 0 Å². The molecule has 1 aliphatic heterocycles. The Labute approximate surface area is 96.4 Å². The van der Waals surface area contributed by atoms with Crippen LogP contribution in [0.2, 0.25) is 0 Å². The third-order valence-corrected chi connectivity index (χ3v) is 2.92. The van der Waals surface area contributed by atoms with E-state index in [9.17, 15) is 4.79 Å². The van der Waals surface area contributed by atoms with Gasteiger partial charge in [0.05, 0.1) is 6.61 Å². The maximum atomic E-state index is 10.9. The zero-order chi connectivity index (χ0) is 11.8. The number of rotatable bonds is 6. The van der Waals surface area contributed by atoms with Gasteiger partial charge in [-0.2, -0.15) is 0 Å². The minimum atomic E-state index is -0.0982. The van der Waals surface area contributed by atoms with E-state index in [1.807, 2.05) is 0 Å². The number of hydrogen-bond acceptors (Lipinski definition) is 5. The smallest absolute Gasteiger partial charge is 0.233 e. The van der Waals surface area contributed by atoms with Crippen LogP contribution in [0.15, 0.2) is 0 Å². The molecule has 16 heavy (non-hydrogen) atoms. The minimum absolute atomic E-state index is 0.0982. The molecule has 94 valence electrons. The Bertz CT molecular complexity index is 205. The summed E-state index contributed by atoms with van der Waals surface area (Å²) in [5.41, 5.74) is 2.13. The van der Waals surface area contributed by atoms with E-state index < -0.39 is 0 Å². The van der Waals surface area contributed by atoms with Gasteiger partial charge in [-0.15, -0.1) is 0 Å². The molecule has 1 heterocycles. The highest BCUT2D eigenvalue weighted by Gasteiger charge is 2.15. The molecule has 0 spiro atoms. The van der Waals surface area contributed by atoms with Crippen LogP contribution in [0.5, 0.6) is 0 Å². The molecule has 1 amide bonds. The second-order valence-corrected chi connectivity index (χ2v) is 4.08. The van der Waals surface area contributed by atoms with Crippen molar-refractivity contribution in [2.24, 2.45) is 5.84 Å². The Morgan fingerprint density at radius 3 is 2.25 bits per heavy atom. The van der Waals surface area contributed by atoms with E-state index in [0.717, 1.165) is 45.7 Å². The lowest BCUT2D eigenvalue weighted by molar-refractivity contribution is -0.121. The molecule has 1 aliphatic rings. The minimum Gasteiger partial charge on any atom is -0.395 e. The molecule has 0 bridgehead atoms. The van der Waals surface area contributed by atoms with Crippen molar-refractivity contribution in [3.05, 3.63) is 0 Å². The molecule has 1 rings (SSSR count). The Balaban J connectivity index is 2.06. The Hall–Kier alpha value is -0.690. The van der Waals surface area contributed by atoms with Crippen molar-refractivity contribution in [3.8, 4) is 0 Å². The molecule has 0 atom stereocenters. The summed E-state index contributed by atoms with van der Waals surface area (Å²) in [6.07, 6.45) is 1.34. The van der Waals surface area contributed by atoms with Gasteiger partial charge in [-0.05, 0) is 13.0 Å². The van der Waals surface area contributed by atoms with Crippen LogP contribution in [0.3, 0.4) is 0 Å². The van der Waals surface area contributed by atoms with Crippen molar-refractivity contribution >= 4 is 5.91 Å². The van der Waals surface area contributed by atoms with Crippen molar-refractivity contribution in [1.82, 2.24) is 15.2 Å². The number of aliphatic hydroxyl groups excluding tert-OH is 1. The van der Waals surface area contributed by atoms with E-state index >= 15 is 0 Å². The first-order valence-electron chi connectivity index (χ1n) is 5.81. The summed E-state index contributed by atoms with van der Waals surface area (Å²) in [5.74, 6) is 4.90. The van der Waals surface area contributed by atoms with Crippen LogP contribution in [0.4, 0.5) is 0 Å². The van der Waals surface area contributed by atoms with Crippen molar-refractivity contribution < 1.29 is 9.90 Å². The number of aliphatic hydroxyl groups is 1. The fourth-order valence-corrected chi connectivity index (χ4v) is 1.91. The van der Waals surface area contributed by atoms with Crippen molar-refractivity contribution in [2.75, 3.05) is 45.9 Å². The van der Waals surface area contributed by atoms with Crippen LogP contribution in [0.1, 0.15) is 12.8 Å². The molecule has 1 fully saturated rings. The molecule has 6 heteroatoms. The van der Waals surface area contributed by atoms with E-state index in [2.05, 4.69) is 15.2 Å². The van der Waals surface area contributed by atoms with Crippen LogP contribution in [0, 0.1) is 0 Å². The second-order valence-electron chi connectivity index (χ2n) is 4.08. The highest BCUT2D eigenvalue weighted by molar-refractivity contribution is 5.75. The zero-order valence-corrected chi connectivity index (χ0v) is 9.69. The van der Waals surface area contributed by atoms with Gasteiger partial charge in [0.2, 0.25) is 5.91 Å². The molecule has 6 nitrogen and oxygen atoms in total. The predicted molar refractivity (Wildman–Crippen MR) is 61.5 cm³/mol. The van der Waals surface area contributed by atoms with Gasteiger partial charge in [0.1, 0.15) is 0 Å². The summed E-state index contributed by atoms with van der Waals surface area (Å²) in [6.45, 7) is 5.99. The van der Waals surface area contributed by atoms with Crippen molar-refractivity contribution in [1.29, 1.82) is 0 Å². The van der Waals surface area contributed by atoms with E-state index in [1.54, 1.807) is 0 Å². The number of nitrogens with one attached hydrogen (secondary N) is 1. The quantitative estimate of drug-likeness (QED) is 0.290. The summed E-state index contributed by atoms with van der Waals surface area (Å²) >= 11 is 0. The number of carbonyl (C=O) groups is 1. The molecule has 0 unspecified atom stereocenters. The van der Waals surface area contributed by atoms with Gasteiger partial charge in [0.25, 0.3) is 0 Å². The fraction of sp³-hybridized carbons (Fsp3) is 0.900. The number of carbonyl (C=O) groups excluding carboxylic acids is 1. The molecule has 1 saturated heterocycles. The SMILES string of the molecule is NNC(=O)CCCN1CCN(CCO)CC1.